The Labute approximate surface area is 130 Å². The molecule has 1 heterocycles. The monoisotopic (exact) mass is 325 g/mol. The Morgan fingerprint density at radius 1 is 1.25 bits per heavy atom. The summed E-state index contributed by atoms with van der Waals surface area (Å²) in [7, 11) is 0. The Balaban J connectivity index is 2.17. The molecule has 1 amide bonds. The first-order valence-electron chi connectivity index (χ1n) is 5.83. The van der Waals surface area contributed by atoms with Gasteiger partial charge in [0.15, 0.2) is 0 Å². The van der Waals surface area contributed by atoms with Crippen LogP contribution in [0.25, 0.3) is 0 Å². The van der Waals surface area contributed by atoms with Gasteiger partial charge in [-0.05, 0) is 35.7 Å². The third kappa shape index (κ3) is 4.10. The number of hydrogen-bond acceptors (Lipinski definition) is 4. The second-order valence-corrected chi connectivity index (χ2v) is 6.56. The maximum atomic E-state index is 12.4. The molecule has 0 radical (unpaired) electrons. The van der Waals surface area contributed by atoms with Crippen LogP contribution in [0.3, 0.4) is 0 Å². The van der Waals surface area contributed by atoms with Gasteiger partial charge in [-0.2, -0.15) is 0 Å². The highest BCUT2D eigenvalue weighted by Crippen LogP contribution is 2.26. The zero-order chi connectivity index (χ0) is 14.5. The van der Waals surface area contributed by atoms with E-state index < -0.39 is 5.37 Å². The molecule has 1 atom stereocenters. The quantitative estimate of drug-likeness (QED) is 0.516. The van der Waals surface area contributed by atoms with Gasteiger partial charge in [-0.25, -0.2) is 0 Å². The van der Waals surface area contributed by atoms with Crippen LogP contribution in [-0.2, 0) is 4.79 Å². The number of thiophene rings is 1. The summed E-state index contributed by atoms with van der Waals surface area (Å²) in [4.78, 5) is 25.1. The molecular formula is C14H12ClNO2S2. The zero-order valence-electron chi connectivity index (χ0n) is 10.6. The number of hydrogen-bond donors (Lipinski definition) is 1. The molecule has 1 aromatic carbocycles. The van der Waals surface area contributed by atoms with Crippen LogP contribution in [0, 0.1) is 0 Å². The van der Waals surface area contributed by atoms with Crippen LogP contribution in [0.1, 0.15) is 16.6 Å². The van der Waals surface area contributed by atoms with E-state index in [4.69, 9.17) is 11.6 Å². The summed E-state index contributed by atoms with van der Waals surface area (Å²) < 4.78 is 0. The molecule has 2 rings (SSSR count). The highest BCUT2D eigenvalue weighted by atomic mass is 35.5. The maximum absolute atomic E-state index is 12.4. The van der Waals surface area contributed by atoms with Crippen molar-refractivity contribution >= 4 is 46.4 Å². The molecule has 3 nitrogen and oxygen atoms in total. The largest absolute Gasteiger partial charge is 0.337 e. The average molecular weight is 326 g/mol. The molecule has 1 aromatic heterocycles. The lowest BCUT2D eigenvalue weighted by Crippen LogP contribution is -2.36. The maximum Gasteiger partial charge on any atom is 0.218 e. The molecule has 6 heteroatoms. The van der Waals surface area contributed by atoms with Gasteiger partial charge < -0.3 is 5.32 Å². The summed E-state index contributed by atoms with van der Waals surface area (Å²) >= 11 is 8.49. The predicted molar refractivity (Wildman–Crippen MR) is 83.6 cm³/mol. The summed E-state index contributed by atoms with van der Waals surface area (Å²) in [5, 5.41) is 4.52. The van der Waals surface area contributed by atoms with Gasteiger partial charge in [0.05, 0.1) is 4.88 Å². The van der Waals surface area contributed by atoms with E-state index in [1.807, 2.05) is 23.6 Å². The van der Waals surface area contributed by atoms with Crippen molar-refractivity contribution < 1.29 is 9.59 Å². The SMILES string of the molecule is CC(=O)N[C@H](Sc1ccc(Cl)cc1)C(=O)c1cccs1. The normalized spacial score (nSPS) is 11.9. The number of benzene rings is 1. The van der Waals surface area contributed by atoms with Crippen molar-refractivity contribution in [1.29, 1.82) is 0 Å². The number of carbonyl (C=O) groups excluding carboxylic acids is 2. The minimum Gasteiger partial charge on any atom is -0.337 e. The minimum atomic E-state index is -0.632. The molecule has 0 aliphatic heterocycles. The first-order chi connectivity index (χ1) is 9.56. The number of rotatable bonds is 5. The standard InChI is InChI=1S/C14H12ClNO2S2/c1-9(17)16-14(13(18)12-3-2-8-19-12)20-11-6-4-10(15)5-7-11/h2-8,14H,1H3,(H,16,17)/t14-/m1/s1. The smallest absolute Gasteiger partial charge is 0.218 e. The van der Waals surface area contributed by atoms with E-state index in [-0.39, 0.29) is 11.7 Å². The van der Waals surface area contributed by atoms with Crippen molar-refractivity contribution in [1.82, 2.24) is 5.32 Å². The topological polar surface area (TPSA) is 46.2 Å². The molecule has 104 valence electrons. The molecule has 0 bridgehead atoms. The van der Waals surface area contributed by atoms with Crippen LogP contribution in [-0.4, -0.2) is 17.1 Å². The van der Waals surface area contributed by atoms with Crippen molar-refractivity contribution in [2.24, 2.45) is 0 Å². The van der Waals surface area contributed by atoms with Crippen LogP contribution in [0.4, 0.5) is 0 Å². The van der Waals surface area contributed by atoms with E-state index in [9.17, 15) is 9.59 Å². The lowest BCUT2D eigenvalue weighted by atomic mass is 10.3. The molecule has 0 unspecified atom stereocenters. The number of nitrogens with one attached hydrogen (secondary N) is 1. The summed E-state index contributed by atoms with van der Waals surface area (Å²) in [6.45, 7) is 1.40. The summed E-state index contributed by atoms with van der Waals surface area (Å²) in [5.74, 6) is -0.337. The predicted octanol–water partition coefficient (Wildman–Crippen LogP) is 3.84. The molecule has 0 aliphatic carbocycles. The Kier molecular flexibility index (Phi) is 5.23. The van der Waals surface area contributed by atoms with Crippen molar-refractivity contribution in [2.75, 3.05) is 0 Å². The van der Waals surface area contributed by atoms with Gasteiger partial charge >= 0.3 is 0 Å². The Morgan fingerprint density at radius 2 is 1.95 bits per heavy atom. The van der Waals surface area contributed by atoms with Gasteiger partial charge in [-0.15, -0.1) is 11.3 Å². The van der Waals surface area contributed by atoms with E-state index in [1.165, 1.54) is 30.0 Å². The fourth-order valence-corrected chi connectivity index (χ4v) is 3.45. The van der Waals surface area contributed by atoms with Crippen molar-refractivity contribution in [3.8, 4) is 0 Å². The fourth-order valence-electron chi connectivity index (χ4n) is 1.53. The highest BCUT2D eigenvalue weighted by molar-refractivity contribution is 8.00. The number of amides is 1. The number of halogens is 1. The van der Waals surface area contributed by atoms with Crippen LogP contribution in [0.5, 0.6) is 0 Å². The Bertz CT molecular complexity index is 596. The van der Waals surface area contributed by atoms with Gasteiger partial charge in [0.25, 0.3) is 0 Å². The second kappa shape index (κ2) is 6.92. The lowest BCUT2D eigenvalue weighted by Gasteiger charge is -2.15. The molecular weight excluding hydrogens is 314 g/mol. The summed E-state index contributed by atoms with van der Waals surface area (Å²) in [6, 6.07) is 10.7. The van der Waals surface area contributed by atoms with E-state index in [0.29, 0.717) is 9.90 Å². The molecule has 0 fully saturated rings. The summed E-state index contributed by atoms with van der Waals surface area (Å²) in [5.41, 5.74) is 0. The number of ketones is 1. The minimum absolute atomic E-state index is 0.102. The average Bonchev–Trinajstić information content (AvgIpc) is 2.93. The van der Waals surface area contributed by atoms with Gasteiger partial charge in [0.2, 0.25) is 11.7 Å². The van der Waals surface area contributed by atoms with E-state index >= 15 is 0 Å². The van der Waals surface area contributed by atoms with Gasteiger partial charge in [0.1, 0.15) is 5.37 Å². The first kappa shape index (κ1) is 15.1. The third-order valence-corrected chi connectivity index (χ3v) is 4.65. The van der Waals surface area contributed by atoms with Crippen LogP contribution >= 0.6 is 34.7 Å². The third-order valence-electron chi connectivity index (χ3n) is 2.40. The lowest BCUT2D eigenvalue weighted by molar-refractivity contribution is -0.118. The molecule has 20 heavy (non-hydrogen) atoms. The van der Waals surface area contributed by atoms with E-state index in [2.05, 4.69) is 5.32 Å². The first-order valence-corrected chi connectivity index (χ1v) is 7.97. The Hall–Kier alpha value is -1.30. The van der Waals surface area contributed by atoms with Gasteiger partial charge in [-0.3, -0.25) is 9.59 Å². The molecule has 1 N–H and O–H groups in total. The molecule has 0 spiro atoms. The highest BCUT2D eigenvalue weighted by Gasteiger charge is 2.22. The fraction of sp³-hybridized carbons (Fsp3) is 0.143. The zero-order valence-corrected chi connectivity index (χ0v) is 13.0. The molecule has 0 saturated carbocycles. The van der Waals surface area contributed by atoms with E-state index in [0.717, 1.165) is 4.90 Å². The van der Waals surface area contributed by atoms with Gasteiger partial charge in [0, 0.05) is 16.8 Å². The van der Waals surface area contributed by atoms with Crippen molar-refractivity contribution in [3.05, 3.63) is 51.7 Å². The van der Waals surface area contributed by atoms with Crippen LogP contribution in [0.2, 0.25) is 5.02 Å². The second-order valence-electron chi connectivity index (χ2n) is 3.99. The van der Waals surface area contributed by atoms with Crippen molar-refractivity contribution in [2.45, 2.75) is 17.2 Å². The molecule has 0 saturated heterocycles. The number of carbonyl (C=O) groups is 2. The number of thioether (sulfide) groups is 1. The van der Waals surface area contributed by atoms with Crippen LogP contribution in [0.15, 0.2) is 46.7 Å². The van der Waals surface area contributed by atoms with Crippen LogP contribution < -0.4 is 5.32 Å². The van der Waals surface area contributed by atoms with Gasteiger partial charge in [-0.1, -0.05) is 29.4 Å². The summed E-state index contributed by atoms with van der Waals surface area (Å²) in [6.07, 6.45) is 0. The van der Waals surface area contributed by atoms with E-state index in [1.54, 1.807) is 18.2 Å². The number of Topliss-reactive ketones (excluding diaryl/α,β-unsaturated/α-hetero) is 1. The Morgan fingerprint density at radius 3 is 2.50 bits per heavy atom. The van der Waals surface area contributed by atoms with Crippen molar-refractivity contribution in [3.63, 3.8) is 0 Å². The molecule has 2 aromatic rings. The molecule has 0 aliphatic rings.